The summed E-state index contributed by atoms with van der Waals surface area (Å²) in [5.74, 6) is 1.79. The third-order valence-corrected chi connectivity index (χ3v) is 5.84. The smallest absolute Gasteiger partial charge is 0.243 e. The summed E-state index contributed by atoms with van der Waals surface area (Å²) in [4.78, 5) is 0.201. The lowest BCUT2D eigenvalue weighted by atomic mass is 10.2. The first kappa shape index (κ1) is 22.0. The Labute approximate surface area is 166 Å². The van der Waals surface area contributed by atoms with E-state index in [4.69, 9.17) is 18.9 Å². The van der Waals surface area contributed by atoms with E-state index >= 15 is 0 Å². The quantitative estimate of drug-likeness (QED) is 0.531. The molecular weight excluding hydrogens is 382 g/mol. The van der Waals surface area contributed by atoms with E-state index in [0.717, 1.165) is 5.56 Å². The Kier molecular flexibility index (Phi) is 8.10. The van der Waals surface area contributed by atoms with Gasteiger partial charge >= 0.3 is 0 Å². The second-order valence-corrected chi connectivity index (χ2v) is 8.04. The number of methoxy groups -OCH3 is 2. The van der Waals surface area contributed by atoms with Crippen LogP contribution in [0.25, 0.3) is 0 Å². The number of sulfonamides is 1. The number of nitrogens with zero attached hydrogens (tertiary/aromatic N) is 1. The SMILES string of the molecule is CCOc1ccc(CN(C)S(=O)(=O)c2ccc(OCCOC)cc2)cc1OC. The molecule has 2 aromatic rings. The van der Waals surface area contributed by atoms with E-state index in [1.165, 1.54) is 16.4 Å². The molecule has 0 unspecified atom stereocenters. The highest BCUT2D eigenvalue weighted by Crippen LogP contribution is 2.29. The Bertz CT molecular complexity index is 851. The minimum absolute atomic E-state index is 0.201. The molecule has 154 valence electrons. The number of hydrogen-bond donors (Lipinski definition) is 0. The van der Waals surface area contributed by atoms with Crippen molar-refractivity contribution in [2.45, 2.75) is 18.4 Å². The van der Waals surface area contributed by atoms with E-state index < -0.39 is 10.0 Å². The average Bonchev–Trinajstić information content (AvgIpc) is 2.69. The Morgan fingerprint density at radius 3 is 2.25 bits per heavy atom. The highest BCUT2D eigenvalue weighted by atomic mass is 32.2. The molecule has 0 aliphatic rings. The van der Waals surface area contributed by atoms with E-state index in [-0.39, 0.29) is 11.4 Å². The van der Waals surface area contributed by atoms with Gasteiger partial charge in [0.1, 0.15) is 12.4 Å². The molecule has 0 aromatic heterocycles. The Balaban J connectivity index is 2.11. The predicted octanol–water partition coefficient (Wildman–Crippen LogP) is 2.94. The van der Waals surface area contributed by atoms with Crippen LogP contribution in [0.4, 0.5) is 0 Å². The minimum atomic E-state index is -3.64. The van der Waals surface area contributed by atoms with Crippen molar-refractivity contribution >= 4 is 10.0 Å². The molecule has 28 heavy (non-hydrogen) atoms. The molecule has 8 heteroatoms. The van der Waals surface area contributed by atoms with Crippen LogP contribution in [0.15, 0.2) is 47.4 Å². The van der Waals surface area contributed by atoms with Crippen LogP contribution in [-0.2, 0) is 21.3 Å². The lowest BCUT2D eigenvalue weighted by Crippen LogP contribution is -2.26. The highest BCUT2D eigenvalue weighted by molar-refractivity contribution is 7.89. The molecular formula is C20H27NO6S. The van der Waals surface area contributed by atoms with Crippen molar-refractivity contribution in [1.82, 2.24) is 4.31 Å². The molecule has 0 spiro atoms. The summed E-state index contributed by atoms with van der Waals surface area (Å²) in [5, 5.41) is 0. The maximum atomic E-state index is 12.8. The van der Waals surface area contributed by atoms with Gasteiger partial charge in [0.25, 0.3) is 0 Å². The monoisotopic (exact) mass is 409 g/mol. The number of rotatable bonds is 11. The fraction of sp³-hybridized carbons (Fsp3) is 0.400. The van der Waals surface area contributed by atoms with Crippen LogP contribution >= 0.6 is 0 Å². The van der Waals surface area contributed by atoms with E-state index in [2.05, 4.69) is 0 Å². The van der Waals surface area contributed by atoms with Crippen LogP contribution in [0.2, 0.25) is 0 Å². The summed E-state index contributed by atoms with van der Waals surface area (Å²) in [5.41, 5.74) is 0.797. The van der Waals surface area contributed by atoms with Gasteiger partial charge in [0, 0.05) is 20.7 Å². The summed E-state index contributed by atoms with van der Waals surface area (Å²) < 4.78 is 48.2. The van der Waals surface area contributed by atoms with Gasteiger partial charge in [-0.1, -0.05) is 6.07 Å². The number of hydrogen-bond acceptors (Lipinski definition) is 6. The third kappa shape index (κ3) is 5.60. The first-order chi connectivity index (χ1) is 13.4. The highest BCUT2D eigenvalue weighted by Gasteiger charge is 2.21. The van der Waals surface area contributed by atoms with Crippen LogP contribution in [0.1, 0.15) is 12.5 Å². The molecule has 0 bridgehead atoms. The van der Waals surface area contributed by atoms with Crippen LogP contribution in [0.3, 0.4) is 0 Å². The topological polar surface area (TPSA) is 74.3 Å². The van der Waals surface area contributed by atoms with Gasteiger partial charge in [-0.25, -0.2) is 8.42 Å². The largest absolute Gasteiger partial charge is 0.493 e. The van der Waals surface area contributed by atoms with Crippen molar-refractivity contribution < 1.29 is 27.4 Å². The molecule has 0 heterocycles. The van der Waals surface area contributed by atoms with Gasteiger partial charge in [0.15, 0.2) is 11.5 Å². The second-order valence-electron chi connectivity index (χ2n) is 5.99. The average molecular weight is 410 g/mol. The molecule has 0 N–H and O–H groups in total. The van der Waals surface area contributed by atoms with Crippen molar-refractivity contribution in [3.63, 3.8) is 0 Å². The van der Waals surface area contributed by atoms with Gasteiger partial charge in [-0.3, -0.25) is 0 Å². The van der Waals surface area contributed by atoms with Gasteiger partial charge < -0.3 is 18.9 Å². The Morgan fingerprint density at radius 2 is 1.64 bits per heavy atom. The molecule has 0 aliphatic carbocycles. The first-order valence-electron chi connectivity index (χ1n) is 8.90. The first-order valence-corrected chi connectivity index (χ1v) is 10.3. The summed E-state index contributed by atoms with van der Waals surface area (Å²) in [6.07, 6.45) is 0. The second kappa shape index (κ2) is 10.3. The standard InChI is InChI=1S/C20H27NO6S/c1-5-26-19-11-6-16(14-20(19)25-4)15-21(2)28(22,23)18-9-7-17(8-10-18)27-13-12-24-3/h6-11,14H,5,12-13,15H2,1-4H3. The van der Waals surface area contributed by atoms with Crippen molar-refractivity contribution in [2.24, 2.45) is 0 Å². The molecule has 2 rings (SSSR count). The molecule has 0 fully saturated rings. The molecule has 7 nitrogen and oxygen atoms in total. The number of benzene rings is 2. The van der Waals surface area contributed by atoms with E-state index in [9.17, 15) is 8.42 Å². The van der Waals surface area contributed by atoms with Crippen molar-refractivity contribution in [3.05, 3.63) is 48.0 Å². The zero-order valence-electron chi connectivity index (χ0n) is 16.7. The van der Waals surface area contributed by atoms with Crippen LogP contribution < -0.4 is 14.2 Å². The Morgan fingerprint density at radius 1 is 0.929 bits per heavy atom. The van der Waals surface area contributed by atoms with Gasteiger partial charge in [0.05, 0.1) is 25.2 Å². The van der Waals surface area contributed by atoms with Crippen molar-refractivity contribution in [1.29, 1.82) is 0 Å². The minimum Gasteiger partial charge on any atom is -0.493 e. The molecule has 0 amide bonds. The van der Waals surface area contributed by atoms with Gasteiger partial charge in [-0.2, -0.15) is 4.31 Å². The summed E-state index contributed by atoms with van der Waals surface area (Å²) in [6.45, 7) is 3.49. The fourth-order valence-corrected chi connectivity index (χ4v) is 3.72. The molecule has 0 saturated heterocycles. The maximum absolute atomic E-state index is 12.8. The predicted molar refractivity (Wildman–Crippen MR) is 107 cm³/mol. The van der Waals surface area contributed by atoms with Gasteiger partial charge in [-0.15, -0.1) is 0 Å². The fourth-order valence-electron chi connectivity index (χ4n) is 2.56. The zero-order chi connectivity index (χ0) is 20.6. The van der Waals surface area contributed by atoms with Crippen LogP contribution in [-0.4, -0.2) is 53.8 Å². The molecule has 2 aromatic carbocycles. The van der Waals surface area contributed by atoms with E-state index in [1.807, 2.05) is 13.0 Å². The molecule has 0 radical (unpaired) electrons. The number of ether oxygens (including phenoxy) is 4. The molecule has 0 saturated carbocycles. The molecule has 0 atom stereocenters. The maximum Gasteiger partial charge on any atom is 0.243 e. The lowest BCUT2D eigenvalue weighted by molar-refractivity contribution is 0.146. The van der Waals surface area contributed by atoms with E-state index in [0.29, 0.717) is 37.1 Å². The summed E-state index contributed by atoms with van der Waals surface area (Å²) in [7, 11) is 1.05. The van der Waals surface area contributed by atoms with Crippen LogP contribution in [0, 0.1) is 0 Å². The van der Waals surface area contributed by atoms with Gasteiger partial charge in [-0.05, 0) is 48.9 Å². The summed E-state index contributed by atoms with van der Waals surface area (Å²) in [6, 6.07) is 11.7. The van der Waals surface area contributed by atoms with E-state index in [1.54, 1.807) is 45.5 Å². The van der Waals surface area contributed by atoms with Crippen molar-refractivity contribution in [2.75, 3.05) is 41.1 Å². The Hall–Kier alpha value is -2.29. The summed E-state index contributed by atoms with van der Waals surface area (Å²) >= 11 is 0. The lowest BCUT2D eigenvalue weighted by Gasteiger charge is -2.18. The third-order valence-electron chi connectivity index (χ3n) is 4.02. The zero-order valence-corrected chi connectivity index (χ0v) is 17.5. The molecule has 0 aliphatic heterocycles. The van der Waals surface area contributed by atoms with Gasteiger partial charge in [0.2, 0.25) is 10.0 Å². The normalized spacial score (nSPS) is 11.5. The van der Waals surface area contributed by atoms with Crippen molar-refractivity contribution in [3.8, 4) is 17.2 Å². The van der Waals surface area contributed by atoms with Crippen LogP contribution in [0.5, 0.6) is 17.2 Å².